The van der Waals surface area contributed by atoms with Gasteiger partial charge in [-0.25, -0.2) is 8.42 Å². The molecule has 2 amide bonds. The molecule has 7 nitrogen and oxygen atoms in total. The van der Waals surface area contributed by atoms with Gasteiger partial charge in [-0.05, 0) is 38.5 Å². The molecule has 1 aromatic rings. The maximum atomic E-state index is 12.0. The molecule has 0 aromatic heterocycles. The summed E-state index contributed by atoms with van der Waals surface area (Å²) in [5, 5.41) is 5.17. The highest BCUT2D eigenvalue weighted by Gasteiger charge is 2.30. The van der Waals surface area contributed by atoms with E-state index in [1.54, 1.807) is 13.8 Å². The molecule has 0 radical (unpaired) electrons. The van der Waals surface area contributed by atoms with E-state index in [0.717, 1.165) is 0 Å². The van der Waals surface area contributed by atoms with Crippen molar-refractivity contribution in [2.75, 3.05) is 21.9 Å². The summed E-state index contributed by atoms with van der Waals surface area (Å²) >= 11 is 6.07. The molecule has 126 valence electrons. The number of sulfonamides is 1. The van der Waals surface area contributed by atoms with Crippen molar-refractivity contribution in [2.45, 2.75) is 26.3 Å². The number of rotatable bonds is 3. The van der Waals surface area contributed by atoms with Crippen molar-refractivity contribution in [3.8, 4) is 0 Å². The van der Waals surface area contributed by atoms with Crippen LogP contribution in [0.5, 0.6) is 0 Å². The van der Waals surface area contributed by atoms with Gasteiger partial charge in [-0.3, -0.25) is 13.9 Å². The fourth-order valence-electron chi connectivity index (χ4n) is 2.21. The molecule has 2 N–H and O–H groups in total. The molecule has 0 unspecified atom stereocenters. The monoisotopic (exact) mass is 359 g/mol. The molecule has 1 saturated heterocycles. The molecule has 0 atom stereocenters. The Kier molecular flexibility index (Phi) is 5.16. The summed E-state index contributed by atoms with van der Waals surface area (Å²) in [6, 6.07) is 4.28. The highest BCUT2D eigenvalue weighted by atomic mass is 35.5. The Morgan fingerprint density at radius 2 is 1.96 bits per heavy atom. The fourth-order valence-corrected chi connectivity index (χ4v) is 4.05. The average Bonchev–Trinajstić information content (AvgIpc) is 2.79. The van der Waals surface area contributed by atoms with E-state index >= 15 is 0 Å². The van der Waals surface area contributed by atoms with Crippen LogP contribution in [0.15, 0.2) is 18.2 Å². The summed E-state index contributed by atoms with van der Waals surface area (Å²) in [6.45, 7) is 3.82. The Balaban J connectivity index is 2.21. The van der Waals surface area contributed by atoms with Crippen molar-refractivity contribution in [1.82, 2.24) is 5.32 Å². The van der Waals surface area contributed by atoms with E-state index < -0.39 is 21.8 Å². The molecular weight excluding hydrogens is 342 g/mol. The lowest BCUT2D eigenvalue weighted by Crippen LogP contribution is -2.39. The topological polar surface area (TPSA) is 95.6 Å². The molecule has 1 heterocycles. The summed E-state index contributed by atoms with van der Waals surface area (Å²) in [6.07, 6.45) is 0.520. The van der Waals surface area contributed by atoms with Gasteiger partial charge in [0.15, 0.2) is 0 Å². The predicted octanol–water partition coefficient (Wildman–Crippen LogP) is 1.34. The minimum absolute atomic E-state index is 0.0662. The van der Waals surface area contributed by atoms with E-state index in [-0.39, 0.29) is 16.8 Å². The number of amides is 2. The van der Waals surface area contributed by atoms with Crippen molar-refractivity contribution >= 4 is 44.8 Å². The normalized spacial score (nSPS) is 16.4. The first-order valence-electron chi connectivity index (χ1n) is 7.12. The van der Waals surface area contributed by atoms with E-state index in [4.69, 9.17) is 11.6 Å². The Labute approximate surface area is 140 Å². The van der Waals surface area contributed by atoms with Crippen LogP contribution in [-0.4, -0.2) is 38.6 Å². The molecule has 23 heavy (non-hydrogen) atoms. The maximum absolute atomic E-state index is 12.0. The number of carbonyl (C=O) groups is 2. The third kappa shape index (κ3) is 4.14. The van der Waals surface area contributed by atoms with Crippen molar-refractivity contribution in [1.29, 1.82) is 0 Å². The molecule has 0 saturated carbocycles. The van der Waals surface area contributed by atoms with E-state index in [0.29, 0.717) is 24.3 Å². The summed E-state index contributed by atoms with van der Waals surface area (Å²) < 4.78 is 25.2. The van der Waals surface area contributed by atoms with Gasteiger partial charge in [-0.1, -0.05) is 11.6 Å². The lowest BCUT2D eigenvalue weighted by molar-refractivity contribution is -0.136. The van der Waals surface area contributed by atoms with Crippen LogP contribution < -0.4 is 14.9 Å². The van der Waals surface area contributed by atoms with Gasteiger partial charge in [-0.15, -0.1) is 0 Å². The van der Waals surface area contributed by atoms with Gasteiger partial charge in [-0.2, -0.15) is 0 Å². The van der Waals surface area contributed by atoms with Gasteiger partial charge in [0.1, 0.15) is 0 Å². The Morgan fingerprint density at radius 3 is 2.52 bits per heavy atom. The molecular formula is C14H18ClN3O4S. The van der Waals surface area contributed by atoms with Crippen molar-refractivity contribution < 1.29 is 18.0 Å². The first kappa shape index (κ1) is 17.6. The number of hydrogen-bond donors (Lipinski definition) is 2. The quantitative estimate of drug-likeness (QED) is 0.796. The number of halogens is 1. The van der Waals surface area contributed by atoms with Crippen LogP contribution in [0.3, 0.4) is 0 Å². The van der Waals surface area contributed by atoms with Gasteiger partial charge < -0.3 is 10.6 Å². The van der Waals surface area contributed by atoms with E-state index in [1.165, 1.54) is 22.5 Å². The summed E-state index contributed by atoms with van der Waals surface area (Å²) in [4.78, 5) is 23.4. The number of nitrogens with zero attached hydrogens (tertiary/aromatic N) is 1. The van der Waals surface area contributed by atoms with Crippen molar-refractivity contribution in [2.24, 2.45) is 0 Å². The smallest absolute Gasteiger partial charge is 0.313 e. The molecule has 0 aliphatic carbocycles. The van der Waals surface area contributed by atoms with Crippen LogP contribution in [-0.2, 0) is 19.6 Å². The number of hydrogen-bond acceptors (Lipinski definition) is 4. The van der Waals surface area contributed by atoms with E-state index in [9.17, 15) is 18.0 Å². The minimum Gasteiger partial charge on any atom is -0.346 e. The van der Waals surface area contributed by atoms with Gasteiger partial charge >= 0.3 is 11.8 Å². The molecule has 0 spiro atoms. The third-order valence-corrected chi connectivity index (χ3v) is 5.37. The van der Waals surface area contributed by atoms with Gasteiger partial charge in [0.25, 0.3) is 0 Å². The zero-order valence-corrected chi connectivity index (χ0v) is 14.4. The lowest BCUT2D eigenvalue weighted by atomic mass is 10.2. The number of carbonyl (C=O) groups excluding carboxylic acids is 2. The van der Waals surface area contributed by atoms with Crippen LogP contribution in [0.1, 0.15) is 20.3 Å². The highest BCUT2D eigenvalue weighted by molar-refractivity contribution is 7.93. The number of anilines is 2. The summed E-state index contributed by atoms with van der Waals surface area (Å²) in [5.74, 6) is -1.52. The maximum Gasteiger partial charge on any atom is 0.313 e. The summed E-state index contributed by atoms with van der Waals surface area (Å²) in [5.41, 5.74) is 0.599. The zero-order chi connectivity index (χ0) is 17.2. The Bertz CT molecular complexity index is 734. The molecule has 1 fully saturated rings. The Morgan fingerprint density at radius 1 is 1.26 bits per heavy atom. The van der Waals surface area contributed by atoms with E-state index in [2.05, 4.69) is 10.6 Å². The largest absolute Gasteiger partial charge is 0.346 e. The fraction of sp³-hybridized carbons (Fsp3) is 0.429. The summed E-state index contributed by atoms with van der Waals surface area (Å²) in [7, 11) is -3.38. The van der Waals surface area contributed by atoms with Gasteiger partial charge in [0.05, 0.1) is 16.5 Å². The van der Waals surface area contributed by atoms with Gasteiger partial charge in [0.2, 0.25) is 10.0 Å². The van der Waals surface area contributed by atoms with Crippen molar-refractivity contribution in [3.63, 3.8) is 0 Å². The molecule has 0 bridgehead atoms. The highest BCUT2D eigenvalue weighted by Crippen LogP contribution is 2.33. The lowest BCUT2D eigenvalue weighted by Gasteiger charge is -2.19. The van der Waals surface area contributed by atoms with Crippen LogP contribution >= 0.6 is 11.6 Å². The van der Waals surface area contributed by atoms with Crippen LogP contribution in [0.25, 0.3) is 0 Å². The second-order valence-corrected chi connectivity index (χ2v) is 7.91. The minimum atomic E-state index is -3.38. The van der Waals surface area contributed by atoms with Crippen molar-refractivity contribution in [3.05, 3.63) is 23.2 Å². The number of benzene rings is 1. The molecule has 2 rings (SSSR count). The molecule has 1 aliphatic heterocycles. The third-order valence-electron chi connectivity index (χ3n) is 3.20. The first-order chi connectivity index (χ1) is 10.7. The SMILES string of the molecule is CC(C)NC(=O)C(=O)Nc1ccc(Cl)c(N2CCCS2(=O)=O)c1. The Hall–Kier alpha value is -1.80. The molecule has 1 aromatic carbocycles. The first-order valence-corrected chi connectivity index (χ1v) is 9.11. The van der Waals surface area contributed by atoms with Gasteiger partial charge in [0, 0.05) is 18.3 Å². The molecule has 1 aliphatic rings. The van der Waals surface area contributed by atoms with E-state index in [1.807, 2.05) is 0 Å². The number of nitrogens with one attached hydrogen (secondary N) is 2. The second kappa shape index (κ2) is 6.76. The second-order valence-electron chi connectivity index (χ2n) is 5.49. The predicted molar refractivity (Wildman–Crippen MR) is 89.1 cm³/mol. The van der Waals surface area contributed by atoms with Crippen LogP contribution in [0.2, 0.25) is 5.02 Å². The molecule has 9 heteroatoms. The van der Waals surface area contributed by atoms with Crippen LogP contribution in [0.4, 0.5) is 11.4 Å². The zero-order valence-electron chi connectivity index (χ0n) is 12.8. The average molecular weight is 360 g/mol. The standard InChI is InChI=1S/C14H18ClN3O4S/c1-9(2)16-13(19)14(20)17-10-4-5-11(15)12(8-10)18-6-3-7-23(18,21)22/h4-5,8-9H,3,6-7H2,1-2H3,(H,16,19)(H,17,20). The van der Waals surface area contributed by atoms with Crippen LogP contribution in [0, 0.1) is 0 Å².